The molecule has 0 fully saturated rings. The molecule has 2 rings (SSSR count). The molecule has 2 nitrogen and oxygen atoms in total. The summed E-state index contributed by atoms with van der Waals surface area (Å²) < 4.78 is 1.67. The molecule has 0 saturated heterocycles. The summed E-state index contributed by atoms with van der Waals surface area (Å²) in [5, 5.41) is 3.37. The fourth-order valence-corrected chi connectivity index (χ4v) is 3.04. The van der Waals surface area contributed by atoms with Crippen molar-refractivity contribution in [1.82, 2.24) is 4.98 Å². The van der Waals surface area contributed by atoms with Crippen LogP contribution in [-0.4, -0.2) is 4.98 Å². The lowest BCUT2D eigenvalue weighted by molar-refractivity contribution is 0.865. The van der Waals surface area contributed by atoms with Gasteiger partial charge in [0.1, 0.15) is 0 Å². The second kappa shape index (κ2) is 6.04. The number of halogens is 2. The maximum Gasteiger partial charge on any atom is 0.183 e. The highest BCUT2D eigenvalue weighted by molar-refractivity contribution is 9.10. The van der Waals surface area contributed by atoms with Crippen molar-refractivity contribution in [2.45, 2.75) is 26.3 Å². The van der Waals surface area contributed by atoms with Crippen LogP contribution in [0.4, 0.5) is 5.69 Å². The molecular formula is C13H14BrClN2S. The van der Waals surface area contributed by atoms with Crippen LogP contribution in [0.5, 0.6) is 0 Å². The number of benzene rings is 1. The van der Waals surface area contributed by atoms with Crippen LogP contribution in [0.15, 0.2) is 28.9 Å². The molecule has 0 unspecified atom stereocenters. The molecule has 0 spiro atoms. The van der Waals surface area contributed by atoms with Gasteiger partial charge in [0.25, 0.3) is 0 Å². The van der Waals surface area contributed by atoms with E-state index in [1.807, 2.05) is 0 Å². The van der Waals surface area contributed by atoms with Gasteiger partial charge in [-0.15, -0.1) is 11.3 Å². The van der Waals surface area contributed by atoms with Crippen molar-refractivity contribution in [1.29, 1.82) is 0 Å². The zero-order valence-corrected chi connectivity index (χ0v) is 13.4. The van der Waals surface area contributed by atoms with E-state index < -0.39 is 0 Å². The third-order valence-electron chi connectivity index (χ3n) is 2.64. The summed E-state index contributed by atoms with van der Waals surface area (Å²) in [6, 6.07) is 6.41. The Morgan fingerprint density at radius 3 is 2.78 bits per heavy atom. The van der Waals surface area contributed by atoms with Crippen molar-refractivity contribution in [2.24, 2.45) is 0 Å². The fraction of sp³-hybridized carbons (Fsp3) is 0.308. The zero-order chi connectivity index (χ0) is 13.1. The predicted octanol–water partition coefficient (Wildman–Crippen LogP) is 5.29. The van der Waals surface area contributed by atoms with Gasteiger partial charge < -0.3 is 5.32 Å². The van der Waals surface area contributed by atoms with Crippen LogP contribution in [0.1, 0.15) is 30.2 Å². The summed E-state index contributed by atoms with van der Waals surface area (Å²) >= 11 is 10.9. The molecule has 1 N–H and O–H groups in total. The fourth-order valence-electron chi connectivity index (χ4n) is 1.58. The Morgan fingerprint density at radius 2 is 2.22 bits per heavy atom. The Morgan fingerprint density at radius 1 is 1.44 bits per heavy atom. The molecule has 5 heteroatoms. The van der Waals surface area contributed by atoms with Gasteiger partial charge in [-0.2, -0.15) is 0 Å². The van der Waals surface area contributed by atoms with E-state index in [2.05, 4.69) is 58.3 Å². The molecule has 0 saturated carbocycles. The highest BCUT2D eigenvalue weighted by Crippen LogP contribution is 2.28. The highest BCUT2D eigenvalue weighted by Gasteiger charge is 2.05. The summed E-state index contributed by atoms with van der Waals surface area (Å²) in [7, 11) is 0. The topological polar surface area (TPSA) is 24.9 Å². The first-order chi connectivity index (χ1) is 8.56. The average Bonchev–Trinajstić information content (AvgIpc) is 2.73. The maximum atomic E-state index is 5.80. The minimum Gasteiger partial charge on any atom is -0.379 e. The van der Waals surface area contributed by atoms with Gasteiger partial charge in [-0.1, -0.05) is 31.5 Å². The lowest BCUT2D eigenvalue weighted by Gasteiger charge is -2.11. The molecule has 1 aromatic heterocycles. The second-order valence-electron chi connectivity index (χ2n) is 4.33. The molecule has 18 heavy (non-hydrogen) atoms. The molecule has 2 aromatic rings. The third kappa shape index (κ3) is 3.46. The zero-order valence-electron chi connectivity index (χ0n) is 10.2. The Bertz CT molecular complexity index is 540. The summed E-state index contributed by atoms with van der Waals surface area (Å²) in [6.45, 7) is 5.12. The molecule has 0 atom stereocenters. The van der Waals surface area contributed by atoms with Gasteiger partial charge >= 0.3 is 0 Å². The first kappa shape index (κ1) is 13.8. The van der Waals surface area contributed by atoms with Crippen molar-refractivity contribution in [3.8, 4) is 0 Å². The quantitative estimate of drug-likeness (QED) is 0.814. The van der Waals surface area contributed by atoms with Crippen LogP contribution in [0.25, 0.3) is 0 Å². The number of nitrogens with one attached hydrogen (secondary N) is 1. The number of hydrogen-bond donors (Lipinski definition) is 1. The average molecular weight is 346 g/mol. The molecule has 0 amide bonds. The first-order valence-corrected chi connectivity index (χ1v) is 7.68. The van der Waals surface area contributed by atoms with Gasteiger partial charge in [0, 0.05) is 21.2 Å². The molecule has 0 bridgehead atoms. The van der Waals surface area contributed by atoms with E-state index in [9.17, 15) is 0 Å². The number of anilines is 1. The normalized spacial score (nSPS) is 10.9. The van der Waals surface area contributed by atoms with E-state index in [0.29, 0.717) is 10.4 Å². The largest absolute Gasteiger partial charge is 0.379 e. The molecule has 0 aliphatic rings. The first-order valence-electron chi connectivity index (χ1n) is 5.70. The summed E-state index contributed by atoms with van der Waals surface area (Å²) in [5.41, 5.74) is 2.41. The van der Waals surface area contributed by atoms with Gasteiger partial charge in [0.05, 0.1) is 6.54 Å². The van der Waals surface area contributed by atoms with E-state index >= 15 is 0 Å². The van der Waals surface area contributed by atoms with Gasteiger partial charge in [0.2, 0.25) is 0 Å². The van der Waals surface area contributed by atoms with E-state index in [-0.39, 0.29) is 0 Å². The molecular weight excluding hydrogens is 332 g/mol. The second-order valence-corrected chi connectivity index (χ2v) is 6.88. The van der Waals surface area contributed by atoms with Crippen LogP contribution < -0.4 is 5.32 Å². The van der Waals surface area contributed by atoms with Crippen molar-refractivity contribution in [2.75, 3.05) is 5.32 Å². The standard InChI is InChI=1S/C13H14BrClN2S/c1-8(2)9-3-4-12(11(14)5-9)16-6-10-7-17-13(15)18-10/h3-5,7-8,16H,6H2,1-2H3. The van der Waals surface area contributed by atoms with Gasteiger partial charge in [-0.25, -0.2) is 4.98 Å². The van der Waals surface area contributed by atoms with E-state index in [1.165, 1.54) is 16.9 Å². The molecule has 0 radical (unpaired) electrons. The Labute approximate surface area is 125 Å². The smallest absolute Gasteiger partial charge is 0.183 e. The van der Waals surface area contributed by atoms with Gasteiger partial charge in [-0.3, -0.25) is 0 Å². The lowest BCUT2D eigenvalue weighted by Crippen LogP contribution is -1.99. The van der Waals surface area contributed by atoms with E-state index in [0.717, 1.165) is 21.6 Å². The van der Waals surface area contributed by atoms with E-state index in [4.69, 9.17) is 11.6 Å². The SMILES string of the molecule is CC(C)c1ccc(NCc2cnc(Cl)s2)c(Br)c1. The summed E-state index contributed by atoms with van der Waals surface area (Å²) in [6.07, 6.45) is 1.80. The number of aromatic nitrogens is 1. The van der Waals surface area contributed by atoms with Crippen LogP contribution in [0.3, 0.4) is 0 Å². The van der Waals surface area contributed by atoms with Crippen LogP contribution in [0, 0.1) is 0 Å². The lowest BCUT2D eigenvalue weighted by atomic mass is 10.0. The maximum absolute atomic E-state index is 5.80. The monoisotopic (exact) mass is 344 g/mol. The molecule has 0 aliphatic heterocycles. The Hall–Kier alpha value is -0.580. The Kier molecular flexibility index (Phi) is 4.65. The molecule has 0 aliphatic carbocycles. The van der Waals surface area contributed by atoms with Crippen LogP contribution in [-0.2, 0) is 6.54 Å². The minimum atomic E-state index is 0.538. The van der Waals surface area contributed by atoms with Gasteiger partial charge in [-0.05, 0) is 39.5 Å². The summed E-state index contributed by atoms with van der Waals surface area (Å²) in [5.74, 6) is 0.538. The van der Waals surface area contributed by atoms with E-state index in [1.54, 1.807) is 6.20 Å². The number of nitrogens with zero attached hydrogens (tertiary/aromatic N) is 1. The molecule has 1 heterocycles. The number of hydrogen-bond acceptors (Lipinski definition) is 3. The predicted molar refractivity (Wildman–Crippen MR) is 82.7 cm³/mol. The highest BCUT2D eigenvalue weighted by atomic mass is 79.9. The van der Waals surface area contributed by atoms with Crippen molar-refractivity contribution in [3.63, 3.8) is 0 Å². The van der Waals surface area contributed by atoms with Crippen molar-refractivity contribution in [3.05, 3.63) is 43.8 Å². The van der Waals surface area contributed by atoms with Gasteiger partial charge in [0.15, 0.2) is 4.47 Å². The summed E-state index contributed by atoms with van der Waals surface area (Å²) in [4.78, 5) is 5.15. The Balaban J connectivity index is 2.05. The third-order valence-corrected chi connectivity index (χ3v) is 4.41. The van der Waals surface area contributed by atoms with Crippen molar-refractivity contribution < 1.29 is 0 Å². The van der Waals surface area contributed by atoms with Crippen molar-refractivity contribution >= 4 is 44.6 Å². The molecule has 1 aromatic carbocycles. The van der Waals surface area contributed by atoms with Crippen LogP contribution in [0.2, 0.25) is 4.47 Å². The number of rotatable bonds is 4. The minimum absolute atomic E-state index is 0.538. The number of thiazole rings is 1. The van der Waals surface area contributed by atoms with Crippen LogP contribution >= 0.6 is 38.9 Å². The molecule has 96 valence electrons.